The summed E-state index contributed by atoms with van der Waals surface area (Å²) in [7, 11) is 0.707. The second kappa shape index (κ2) is 5.43. The van der Waals surface area contributed by atoms with Crippen LogP contribution in [-0.4, -0.2) is 26.9 Å². The molecule has 1 N–H and O–H groups in total. The molecule has 4 nitrogen and oxygen atoms in total. The Morgan fingerprint density at radius 3 is 2.62 bits per heavy atom. The Hall–Kier alpha value is -1.38. The number of fused-ring (bicyclic) bond motifs is 2. The van der Waals surface area contributed by atoms with Crippen LogP contribution in [0.1, 0.15) is 43.2 Å². The normalized spacial score (nSPS) is 35.0. The van der Waals surface area contributed by atoms with E-state index in [2.05, 4.69) is 6.07 Å². The Kier molecular flexibility index (Phi) is 3.76. The lowest BCUT2D eigenvalue weighted by Gasteiger charge is -2.43. The highest BCUT2D eigenvalue weighted by Gasteiger charge is 2.46. The smallest absolute Gasteiger partial charge is 0.136 e. The lowest BCUT2D eigenvalue weighted by atomic mass is 9.80. The average molecular weight is 305 g/mol. The molecule has 0 saturated carbocycles. The number of hydrogen-bond donors (Lipinski definition) is 1. The van der Waals surface area contributed by atoms with Gasteiger partial charge in [-0.15, -0.1) is 0 Å². The lowest BCUT2D eigenvalue weighted by molar-refractivity contribution is 0.00649. The van der Waals surface area contributed by atoms with Crippen LogP contribution in [0.25, 0.3) is 0 Å². The van der Waals surface area contributed by atoms with Gasteiger partial charge >= 0.3 is 0 Å². The molecule has 2 unspecified atom stereocenters. The average Bonchev–Trinajstić information content (AvgIpc) is 2.48. The number of methoxy groups -OCH3 is 1. The Balaban J connectivity index is 1.96. The molecule has 0 amide bonds. The zero-order chi connectivity index (χ0) is 15.0. The number of aliphatic hydroxyl groups is 1. The van der Waals surface area contributed by atoms with E-state index in [-0.39, 0.29) is 10.5 Å². The predicted octanol–water partition coefficient (Wildman–Crippen LogP) is 2.22. The standard InChI is InChI=1S/C16H19NO3S/c1-20-15-6-5-12(7-11(15)10-17)16(18)8-13-3-2-4-14(9-16)21(13)19/h5-7,13-14,18H,2-4,8-9H2,1H3. The Bertz CT molecular complexity index is 606. The Labute approximate surface area is 127 Å². The third-order valence-corrected chi connectivity index (χ3v) is 6.82. The molecule has 1 aromatic carbocycles. The van der Waals surface area contributed by atoms with Crippen LogP contribution in [0.2, 0.25) is 0 Å². The van der Waals surface area contributed by atoms with Crippen molar-refractivity contribution >= 4 is 10.8 Å². The second-order valence-electron chi connectivity index (χ2n) is 5.97. The van der Waals surface area contributed by atoms with Crippen molar-refractivity contribution in [1.29, 1.82) is 5.26 Å². The van der Waals surface area contributed by atoms with Gasteiger partial charge in [0.2, 0.25) is 0 Å². The summed E-state index contributed by atoms with van der Waals surface area (Å²) in [6.45, 7) is 0. The Morgan fingerprint density at radius 1 is 1.38 bits per heavy atom. The van der Waals surface area contributed by atoms with Gasteiger partial charge in [0.05, 0.1) is 18.3 Å². The summed E-state index contributed by atoms with van der Waals surface area (Å²) in [5.41, 5.74) is 0.204. The van der Waals surface area contributed by atoms with Crippen LogP contribution >= 0.6 is 0 Å². The third kappa shape index (κ3) is 2.47. The van der Waals surface area contributed by atoms with Gasteiger partial charge in [-0.1, -0.05) is 12.5 Å². The Morgan fingerprint density at radius 2 is 2.05 bits per heavy atom. The summed E-state index contributed by atoms with van der Waals surface area (Å²) in [5.74, 6) is 0.518. The van der Waals surface area contributed by atoms with Gasteiger partial charge in [-0.2, -0.15) is 5.26 Å². The van der Waals surface area contributed by atoms with E-state index < -0.39 is 16.4 Å². The highest BCUT2D eigenvalue weighted by molar-refractivity contribution is 7.86. The molecular weight excluding hydrogens is 286 g/mol. The molecule has 112 valence electrons. The van der Waals surface area contributed by atoms with Crippen molar-refractivity contribution in [2.24, 2.45) is 0 Å². The molecule has 0 aromatic heterocycles. The zero-order valence-corrected chi connectivity index (χ0v) is 12.9. The summed E-state index contributed by atoms with van der Waals surface area (Å²) in [6.07, 6.45) is 3.99. The fourth-order valence-electron chi connectivity index (χ4n) is 3.60. The quantitative estimate of drug-likeness (QED) is 0.909. The monoisotopic (exact) mass is 305 g/mol. The number of nitriles is 1. The first-order valence-corrected chi connectivity index (χ1v) is 8.55. The number of benzene rings is 1. The van der Waals surface area contributed by atoms with Crippen molar-refractivity contribution in [3.63, 3.8) is 0 Å². The van der Waals surface area contributed by atoms with Gasteiger partial charge < -0.3 is 9.84 Å². The first kappa shape index (κ1) is 14.6. The lowest BCUT2D eigenvalue weighted by Crippen LogP contribution is -2.47. The van der Waals surface area contributed by atoms with Crippen molar-refractivity contribution in [2.45, 2.75) is 48.2 Å². The molecule has 2 bridgehead atoms. The van der Waals surface area contributed by atoms with Crippen LogP contribution in [0, 0.1) is 11.3 Å². The summed E-state index contributed by atoms with van der Waals surface area (Å²) in [5, 5.41) is 20.4. The topological polar surface area (TPSA) is 70.3 Å². The van der Waals surface area contributed by atoms with Crippen LogP contribution in [0.15, 0.2) is 18.2 Å². The first-order chi connectivity index (χ1) is 10.1. The number of ether oxygens (including phenoxy) is 1. The van der Waals surface area contributed by atoms with E-state index in [1.807, 2.05) is 6.07 Å². The minimum absolute atomic E-state index is 0.0788. The summed E-state index contributed by atoms with van der Waals surface area (Å²) in [4.78, 5) is 0. The third-order valence-electron chi connectivity index (χ3n) is 4.70. The number of hydrogen-bond acceptors (Lipinski definition) is 4. The van der Waals surface area contributed by atoms with Gasteiger partial charge in [-0.3, -0.25) is 4.21 Å². The highest BCUT2D eigenvalue weighted by Crippen LogP contribution is 2.44. The minimum atomic E-state index is -0.971. The molecule has 3 rings (SSSR count). The second-order valence-corrected chi connectivity index (χ2v) is 7.96. The van der Waals surface area contributed by atoms with Gasteiger partial charge in [-0.05, 0) is 43.4 Å². The number of nitrogens with zero attached hydrogens (tertiary/aromatic N) is 1. The molecule has 0 radical (unpaired) electrons. The van der Waals surface area contributed by atoms with Crippen molar-refractivity contribution < 1.29 is 14.1 Å². The van der Waals surface area contributed by atoms with Gasteiger partial charge in [0.15, 0.2) is 0 Å². The molecule has 1 aromatic rings. The van der Waals surface area contributed by atoms with Gasteiger partial charge in [0.25, 0.3) is 0 Å². The van der Waals surface area contributed by atoms with Crippen LogP contribution in [0.3, 0.4) is 0 Å². The van der Waals surface area contributed by atoms with E-state index in [9.17, 15) is 14.6 Å². The highest BCUT2D eigenvalue weighted by atomic mass is 32.2. The van der Waals surface area contributed by atoms with E-state index in [0.717, 1.165) is 24.8 Å². The molecule has 2 fully saturated rings. The van der Waals surface area contributed by atoms with E-state index >= 15 is 0 Å². The summed E-state index contributed by atoms with van der Waals surface area (Å²) in [6, 6.07) is 7.37. The van der Waals surface area contributed by atoms with Gasteiger partial charge in [0.1, 0.15) is 11.8 Å². The zero-order valence-electron chi connectivity index (χ0n) is 12.0. The molecule has 0 aliphatic carbocycles. The van der Waals surface area contributed by atoms with Crippen LogP contribution in [0.4, 0.5) is 0 Å². The van der Waals surface area contributed by atoms with Crippen LogP contribution < -0.4 is 4.74 Å². The van der Waals surface area contributed by atoms with Crippen LogP contribution in [-0.2, 0) is 16.4 Å². The minimum Gasteiger partial charge on any atom is -0.495 e. The molecule has 2 atom stereocenters. The van der Waals surface area contributed by atoms with Crippen LogP contribution in [0.5, 0.6) is 5.75 Å². The van der Waals surface area contributed by atoms with E-state index in [4.69, 9.17) is 4.74 Å². The SMILES string of the molecule is COc1ccc(C2(O)CC3CCCC(C2)S3=O)cc1C#N. The van der Waals surface area contributed by atoms with Crippen molar-refractivity contribution in [3.05, 3.63) is 29.3 Å². The molecule has 0 spiro atoms. The fraction of sp³-hybridized carbons (Fsp3) is 0.562. The molecule has 2 heterocycles. The first-order valence-electron chi connectivity index (χ1n) is 7.28. The largest absolute Gasteiger partial charge is 0.495 e. The summed E-state index contributed by atoms with van der Waals surface area (Å²) >= 11 is 0. The molecule has 5 heteroatoms. The predicted molar refractivity (Wildman–Crippen MR) is 80.4 cm³/mol. The molecular formula is C16H19NO3S. The molecule has 2 aliphatic rings. The molecule has 2 saturated heterocycles. The van der Waals surface area contributed by atoms with Gasteiger partial charge in [-0.25, -0.2) is 0 Å². The van der Waals surface area contributed by atoms with Crippen molar-refractivity contribution in [1.82, 2.24) is 0 Å². The van der Waals surface area contributed by atoms with E-state index in [1.165, 1.54) is 7.11 Å². The molecule has 2 aliphatic heterocycles. The van der Waals surface area contributed by atoms with E-state index in [1.54, 1.807) is 12.1 Å². The van der Waals surface area contributed by atoms with Gasteiger partial charge in [0, 0.05) is 21.3 Å². The summed E-state index contributed by atoms with van der Waals surface area (Å²) < 4.78 is 17.4. The fourth-order valence-corrected chi connectivity index (χ4v) is 5.83. The van der Waals surface area contributed by atoms with Crippen molar-refractivity contribution in [2.75, 3.05) is 7.11 Å². The number of rotatable bonds is 2. The maximum atomic E-state index is 12.3. The maximum absolute atomic E-state index is 12.3. The van der Waals surface area contributed by atoms with E-state index in [0.29, 0.717) is 24.2 Å². The maximum Gasteiger partial charge on any atom is 0.136 e. The van der Waals surface area contributed by atoms with Crippen molar-refractivity contribution in [3.8, 4) is 11.8 Å². The molecule has 21 heavy (non-hydrogen) atoms.